The summed E-state index contributed by atoms with van der Waals surface area (Å²) in [5.74, 6) is -0.562. The number of fused-ring (bicyclic) bond motifs is 3. The molecule has 2 aliphatic heterocycles. The van der Waals surface area contributed by atoms with Crippen LogP contribution in [0.5, 0.6) is 11.5 Å². The number of anilines is 1. The molecule has 2 aliphatic carbocycles. The Morgan fingerprint density at radius 3 is 2.58 bits per heavy atom. The average molecular weight is 747 g/mol. The van der Waals surface area contributed by atoms with Crippen LogP contribution in [0.3, 0.4) is 0 Å². The number of methoxy groups -OCH3 is 2. The summed E-state index contributed by atoms with van der Waals surface area (Å²) >= 11 is 1.30. The molecule has 282 valence electrons. The quantitative estimate of drug-likeness (QED) is 0.221. The van der Waals surface area contributed by atoms with Gasteiger partial charge in [0.2, 0.25) is 11.8 Å². The van der Waals surface area contributed by atoms with Crippen molar-refractivity contribution in [2.75, 3.05) is 26.5 Å². The molecule has 14 nitrogen and oxygen atoms in total. The molecule has 4 heterocycles. The number of ether oxygens (including phenoxy) is 4. The van der Waals surface area contributed by atoms with Gasteiger partial charge in [-0.05, 0) is 63.5 Å². The first-order valence-corrected chi connectivity index (χ1v) is 19.3. The lowest BCUT2D eigenvalue weighted by Gasteiger charge is -2.29. The van der Waals surface area contributed by atoms with E-state index in [2.05, 4.69) is 15.6 Å². The molecule has 1 unspecified atom stereocenters. The maximum Gasteiger partial charge on any atom is 0.408 e. The van der Waals surface area contributed by atoms with Crippen molar-refractivity contribution >= 4 is 51.2 Å². The van der Waals surface area contributed by atoms with Gasteiger partial charge in [0.1, 0.15) is 47.0 Å². The topological polar surface area (TPSA) is 184 Å². The number of nitrogens with two attached hydrogens (primary N) is 1. The van der Waals surface area contributed by atoms with Crippen LogP contribution in [-0.2, 0) is 23.9 Å². The molecule has 2 saturated carbocycles. The van der Waals surface area contributed by atoms with Crippen LogP contribution in [0, 0.1) is 5.92 Å². The Bertz CT molecular complexity index is 1890. The number of hydrogen-bond donors (Lipinski definition) is 3. The molecular weight excluding hydrogens is 701 g/mol. The lowest BCUT2D eigenvalue weighted by Crippen LogP contribution is -2.56. The number of pyridine rings is 1. The lowest BCUT2D eigenvalue weighted by atomic mass is 10.0. The minimum absolute atomic E-state index is 0.0558. The Kier molecular flexibility index (Phi) is 10.7. The zero-order chi connectivity index (χ0) is 37.1. The van der Waals surface area contributed by atoms with E-state index in [0.717, 1.165) is 44.9 Å². The van der Waals surface area contributed by atoms with Crippen LogP contribution in [0.15, 0.2) is 41.8 Å². The second-order valence-corrected chi connectivity index (χ2v) is 15.2. The number of hydrogen-bond acceptors (Lipinski definition) is 12. The first-order valence-electron chi connectivity index (χ1n) is 18.4. The highest BCUT2D eigenvalue weighted by molar-refractivity contribution is 7.13. The first-order chi connectivity index (χ1) is 25.7. The number of rotatable bonds is 7. The van der Waals surface area contributed by atoms with E-state index in [1.54, 1.807) is 25.3 Å². The third-order valence-electron chi connectivity index (χ3n) is 10.7. The van der Waals surface area contributed by atoms with Crippen molar-refractivity contribution in [2.24, 2.45) is 5.92 Å². The Morgan fingerprint density at radius 2 is 1.83 bits per heavy atom. The molecule has 53 heavy (non-hydrogen) atoms. The fourth-order valence-corrected chi connectivity index (χ4v) is 8.32. The van der Waals surface area contributed by atoms with Crippen LogP contribution >= 0.6 is 11.3 Å². The highest BCUT2D eigenvalue weighted by atomic mass is 32.1. The standard InChI is InChI=1S/C38H46N6O8S/c1-49-24-14-15-26-28(16-24)40-29(30-21-53-36(39)41-30)18-32(26)51-25-17-31-33(45)43-38(35(47)50-2)19-22(38)10-6-4-3-5-7-13-27(34(46)44(31)20-25)42-37(48)52-23-11-8-9-12-23/h6,10,14-16,18,21-23,25,27,31H,3-5,7-9,11-13,17,19-20H2,1-2H3,(H2,39,41)(H,42,48)(H,43,45)/t22?,25-,27+,31+,38-/m1/s1. The molecule has 0 bridgehead atoms. The number of carbonyl (C=O) groups excluding carboxylic acids is 4. The maximum absolute atomic E-state index is 14.5. The van der Waals surface area contributed by atoms with Crippen LogP contribution in [0.25, 0.3) is 22.3 Å². The Hall–Kier alpha value is -4.92. The van der Waals surface area contributed by atoms with E-state index < -0.39 is 47.6 Å². The largest absolute Gasteiger partial charge is 0.497 e. The number of nitrogens with zero attached hydrogens (tertiary/aromatic N) is 3. The zero-order valence-corrected chi connectivity index (χ0v) is 30.8. The first kappa shape index (κ1) is 36.4. The van der Waals surface area contributed by atoms with Gasteiger partial charge in [-0.25, -0.2) is 19.6 Å². The van der Waals surface area contributed by atoms with Gasteiger partial charge in [0.05, 0.1) is 32.0 Å². The Balaban J connectivity index is 1.21. The number of benzene rings is 1. The molecule has 5 atom stereocenters. The molecule has 3 fully saturated rings. The monoisotopic (exact) mass is 746 g/mol. The summed E-state index contributed by atoms with van der Waals surface area (Å²) in [5.41, 5.74) is 6.44. The van der Waals surface area contributed by atoms with E-state index >= 15 is 0 Å². The second-order valence-electron chi connectivity index (χ2n) is 14.3. The maximum atomic E-state index is 14.5. The number of allylic oxidation sites excluding steroid dienone is 1. The Labute approximate surface area is 311 Å². The van der Waals surface area contributed by atoms with Crippen LogP contribution in [0.1, 0.15) is 70.6 Å². The highest BCUT2D eigenvalue weighted by Gasteiger charge is 2.62. The van der Waals surface area contributed by atoms with E-state index in [4.69, 9.17) is 29.7 Å². The lowest BCUT2D eigenvalue weighted by molar-refractivity contribution is -0.148. The average Bonchev–Trinajstić information content (AvgIpc) is 3.58. The summed E-state index contributed by atoms with van der Waals surface area (Å²) in [6.07, 6.45) is 10.2. The third-order valence-corrected chi connectivity index (χ3v) is 11.4. The van der Waals surface area contributed by atoms with Crippen LogP contribution in [0.2, 0.25) is 0 Å². The summed E-state index contributed by atoms with van der Waals surface area (Å²) in [7, 11) is 2.88. The molecule has 0 spiro atoms. The minimum atomic E-state index is -1.22. The van der Waals surface area contributed by atoms with E-state index in [1.807, 2.05) is 23.6 Å². The van der Waals surface area contributed by atoms with Crippen LogP contribution in [0.4, 0.5) is 9.93 Å². The number of aromatic nitrogens is 2. The van der Waals surface area contributed by atoms with Crippen LogP contribution in [-0.4, -0.2) is 89.3 Å². The predicted molar refractivity (Wildman–Crippen MR) is 197 cm³/mol. The predicted octanol–water partition coefficient (Wildman–Crippen LogP) is 4.90. The normalized spacial score (nSPS) is 26.5. The molecule has 1 saturated heterocycles. The van der Waals surface area contributed by atoms with Gasteiger partial charge in [-0.15, -0.1) is 11.3 Å². The SMILES string of the molecule is COC(=O)[C@@]12CC1C=CCCCCC[C@H](NC(=O)OC1CCCC1)C(=O)N1C[C@H](Oc3cc(-c4csc(N)n4)nc4cc(OC)ccc34)C[C@H]1C(=O)N2. The van der Waals surface area contributed by atoms with Gasteiger partial charge in [0.15, 0.2) is 5.13 Å². The van der Waals surface area contributed by atoms with Gasteiger partial charge in [-0.3, -0.25) is 9.59 Å². The summed E-state index contributed by atoms with van der Waals surface area (Å²) < 4.78 is 23.0. The zero-order valence-electron chi connectivity index (χ0n) is 30.0. The van der Waals surface area contributed by atoms with Crippen molar-refractivity contribution in [3.63, 3.8) is 0 Å². The smallest absolute Gasteiger partial charge is 0.408 e. The molecule has 7 rings (SSSR count). The molecule has 4 N–H and O–H groups in total. The van der Waals surface area contributed by atoms with Crippen molar-refractivity contribution in [3.05, 3.63) is 41.8 Å². The van der Waals surface area contributed by atoms with E-state index in [0.29, 0.717) is 58.2 Å². The van der Waals surface area contributed by atoms with Crippen molar-refractivity contribution < 1.29 is 38.1 Å². The van der Waals surface area contributed by atoms with Crippen molar-refractivity contribution in [1.29, 1.82) is 0 Å². The third kappa shape index (κ3) is 7.90. The van der Waals surface area contributed by atoms with Gasteiger partial charge < -0.3 is 40.2 Å². The number of amides is 3. The summed E-state index contributed by atoms with van der Waals surface area (Å²) in [6.45, 7) is 0.0558. The molecule has 3 aromatic rings. The van der Waals surface area contributed by atoms with Crippen molar-refractivity contribution in [1.82, 2.24) is 25.5 Å². The molecule has 15 heteroatoms. The van der Waals surface area contributed by atoms with Gasteiger partial charge in [0, 0.05) is 35.2 Å². The van der Waals surface area contributed by atoms with Crippen LogP contribution < -0.4 is 25.8 Å². The highest BCUT2D eigenvalue weighted by Crippen LogP contribution is 2.46. The molecular formula is C38H46N6O8S. The van der Waals surface area contributed by atoms with Gasteiger partial charge in [0.25, 0.3) is 0 Å². The number of esters is 1. The summed E-state index contributed by atoms with van der Waals surface area (Å²) in [4.78, 5) is 65.7. The summed E-state index contributed by atoms with van der Waals surface area (Å²) in [6, 6.07) is 5.31. The number of carbonyl (C=O) groups is 4. The van der Waals surface area contributed by atoms with E-state index in [-0.39, 0.29) is 25.0 Å². The molecule has 3 amide bonds. The number of nitrogen functional groups attached to an aromatic ring is 1. The number of nitrogens with one attached hydrogen (secondary N) is 2. The van der Waals surface area contributed by atoms with Gasteiger partial charge in [-0.1, -0.05) is 25.0 Å². The van der Waals surface area contributed by atoms with Crippen molar-refractivity contribution in [3.8, 4) is 22.9 Å². The van der Waals surface area contributed by atoms with E-state index in [9.17, 15) is 19.2 Å². The molecule has 1 aromatic carbocycles. The number of alkyl carbamates (subject to hydrolysis) is 1. The van der Waals surface area contributed by atoms with E-state index in [1.165, 1.54) is 23.3 Å². The fraction of sp³-hybridized carbons (Fsp3) is 0.526. The molecule has 0 radical (unpaired) electrons. The number of thiazole rings is 1. The fourth-order valence-electron chi connectivity index (χ4n) is 7.77. The van der Waals surface area contributed by atoms with Crippen molar-refractivity contribution in [2.45, 2.75) is 100 Å². The molecule has 4 aliphatic rings. The van der Waals surface area contributed by atoms with Gasteiger partial charge >= 0.3 is 12.1 Å². The second kappa shape index (κ2) is 15.6. The summed E-state index contributed by atoms with van der Waals surface area (Å²) in [5, 5.41) is 8.72. The molecule has 2 aromatic heterocycles. The van der Waals surface area contributed by atoms with Gasteiger partial charge in [-0.2, -0.15) is 0 Å². The minimum Gasteiger partial charge on any atom is -0.497 e. The Morgan fingerprint density at radius 1 is 1.02 bits per heavy atom.